The lowest BCUT2D eigenvalue weighted by atomic mass is 10.0. The molecule has 2 rings (SSSR count). The molecule has 0 bridgehead atoms. The Hall–Kier alpha value is -2.88. The molecule has 2 aromatic carbocycles. The fourth-order valence-electron chi connectivity index (χ4n) is 2.60. The van der Waals surface area contributed by atoms with Crippen LogP contribution in [0.25, 0.3) is 0 Å². The Labute approximate surface area is 191 Å². The molecular weight excluding hydrogens is 442 g/mol. The summed E-state index contributed by atoms with van der Waals surface area (Å²) in [5, 5.41) is 14.0. The van der Waals surface area contributed by atoms with Gasteiger partial charge in [-0.3, -0.25) is 19.2 Å². The molecule has 0 aliphatic heterocycles. The molecule has 0 radical (unpaired) electrons. The summed E-state index contributed by atoms with van der Waals surface area (Å²) in [7, 11) is 0. The zero-order valence-corrected chi connectivity index (χ0v) is 18.3. The SMILES string of the molecule is [Cl-].[NH3+][C@@H](CS)C(=O)Nc1ccc(NC(=O)CCCC(=O)O)c(C(=O)c2ccccc2)c1. The number of amides is 2. The number of quaternary nitrogens is 1. The van der Waals surface area contributed by atoms with Crippen LogP contribution in [0.2, 0.25) is 0 Å². The van der Waals surface area contributed by atoms with Gasteiger partial charge in [0.25, 0.3) is 5.91 Å². The highest BCUT2D eigenvalue weighted by Gasteiger charge is 2.19. The lowest BCUT2D eigenvalue weighted by Gasteiger charge is -2.14. The maximum Gasteiger partial charge on any atom is 0.303 e. The van der Waals surface area contributed by atoms with E-state index < -0.39 is 17.9 Å². The van der Waals surface area contributed by atoms with Crippen molar-refractivity contribution >= 4 is 47.6 Å². The molecule has 0 fully saturated rings. The van der Waals surface area contributed by atoms with Crippen molar-refractivity contribution in [2.75, 3.05) is 16.4 Å². The number of hydrogen-bond donors (Lipinski definition) is 5. The Kier molecular flexibility index (Phi) is 10.7. The number of halogens is 1. The number of rotatable bonds is 10. The zero-order chi connectivity index (χ0) is 22.1. The number of ketones is 1. The van der Waals surface area contributed by atoms with Crippen molar-refractivity contribution in [2.45, 2.75) is 25.3 Å². The van der Waals surface area contributed by atoms with Gasteiger partial charge < -0.3 is 33.9 Å². The molecule has 0 saturated heterocycles. The number of carboxylic acid groups (broad SMARTS) is 1. The van der Waals surface area contributed by atoms with E-state index in [0.29, 0.717) is 11.3 Å². The van der Waals surface area contributed by atoms with Gasteiger partial charge in [0.2, 0.25) is 5.91 Å². The third kappa shape index (κ3) is 8.05. The average Bonchev–Trinajstić information content (AvgIpc) is 2.74. The summed E-state index contributed by atoms with van der Waals surface area (Å²) >= 11 is 4.05. The second-order valence-corrected chi connectivity index (χ2v) is 6.98. The molecule has 1 atom stereocenters. The van der Waals surface area contributed by atoms with E-state index in [1.54, 1.807) is 36.4 Å². The van der Waals surface area contributed by atoms with Gasteiger partial charge in [-0.1, -0.05) is 30.3 Å². The van der Waals surface area contributed by atoms with E-state index in [4.69, 9.17) is 5.11 Å². The van der Waals surface area contributed by atoms with Crippen molar-refractivity contribution in [2.24, 2.45) is 0 Å². The quantitative estimate of drug-likeness (QED) is 0.217. The first-order chi connectivity index (χ1) is 14.3. The van der Waals surface area contributed by atoms with Crippen molar-refractivity contribution < 1.29 is 42.4 Å². The Balaban J connectivity index is 0.00000480. The van der Waals surface area contributed by atoms with Gasteiger partial charge in [0, 0.05) is 29.7 Å². The topological polar surface area (TPSA) is 140 Å². The summed E-state index contributed by atoms with van der Waals surface area (Å²) in [6.07, 6.45) is 0.0757. The summed E-state index contributed by atoms with van der Waals surface area (Å²) in [5.41, 5.74) is 5.00. The van der Waals surface area contributed by atoms with Gasteiger partial charge in [0.1, 0.15) is 0 Å². The van der Waals surface area contributed by atoms with Crippen LogP contribution in [0.15, 0.2) is 48.5 Å². The maximum absolute atomic E-state index is 13.0. The number of hydrogen-bond acceptors (Lipinski definition) is 5. The molecule has 31 heavy (non-hydrogen) atoms. The van der Waals surface area contributed by atoms with E-state index in [0.717, 1.165) is 0 Å². The van der Waals surface area contributed by atoms with Crippen molar-refractivity contribution in [1.29, 1.82) is 0 Å². The first-order valence-corrected chi connectivity index (χ1v) is 9.95. The Bertz CT molecular complexity index is 940. The van der Waals surface area contributed by atoms with Gasteiger partial charge in [-0.25, -0.2) is 0 Å². The minimum atomic E-state index is -0.979. The molecule has 0 heterocycles. The average molecular weight is 466 g/mol. The monoisotopic (exact) mass is 465 g/mol. The lowest BCUT2D eigenvalue weighted by molar-refractivity contribution is -0.395. The number of anilines is 2. The summed E-state index contributed by atoms with van der Waals surface area (Å²) in [5.74, 6) is -1.77. The third-order valence-corrected chi connectivity index (χ3v) is 4.67. The van der Waals surface area contributed by atoms with Crippen LogP contribution in [0.4, 0.5) is 11.4 Å². The molecule has 10 heteroatoms. The van der Waals surface area contributed by atoms with Crippen LogP contribution in [0.5, 0.6) is 0 Å². The highest BCUT2D eigenvalue weighted by molar-refractivity contribution is 7.80. The molecule has 0 aliphatic carbocycles. The fraction of sp³-hybridized carbons (Fsp3) is 0.238. The highest BCUT2D eigenvalue weighted by Crippen LogP contribution is 2.24. The van der Waals surface area contributed by atoms with Gasteiger partial charge in [-0.05, 0) is 24.6 Å². The minimum Gasteiger partial charge on any atom is -1.00 e. The molecule has 0 spiro atoms. The molecule has 0 aliphatic rings. The van der Waals surface area contributed by atoms with Gasteiger partial charge in [0.15, 0.2) is 11.8 Å². The second kappa shape index (κ2) is 12.7. The molecule has 8 nitrogen and oxygen atoms in total. The number of benzene rings is 2. The Morgan fingerprint density at radius 1 is 1.00 bits per heavy atom. The molecule has 0 unspecified atom stereocenters. The Morgan fingerprint density at radius 3 is 2.29 bits per heavy atom. The summed E-state index contributed by atoms with van der Waals surface area (Å²) in [6, 6.07) is 12.6. The summed E-state index contributed by atoms with van der Waals surface area (Å²) in [6.45, 7) is 0. The first kappa shape index (κ1) is 26.2. The molecular formula is C21H24ClN3O5S. The molecule has 2 aromatic rings. The van der Waals surface area contributed by atoms with E-state index in [1.165, 1.54) is 12.1 Å². The number of carbonyl (C=O) groups is 4. The Morgan fingerprint density at radius 2 is 1.68 bits per heavy atom. The number of carbonyl (C=O) groups excluding carboxylic acids is 3. The predicted octanol–water partition coefficient (Wildman–Crippen LogP) is -1.41. The van der Waals surface area contributed by atoms with Crippen LogP contribution in [-0.2, 0) is 14.4 Å². The van der Waals surface area contributed by atoms with Crippen LogP contribution in [0.3, 0.4) is 0 Å². The van der Waals surface area contributed by atoms with Gasteiger partial charge in [0.05, 0.1) is 11.4 Å². The lowest BCUT2D eigenvalue weighted by Crippen LogP contribution is -3.00. The van der Waals surface area contributed by atoms with Crippen molar-refractivity contribution in [3.63, 3.8) is 0 Å². The van der Waals surface area contributed by atoms with E-state index in [9.17, 15) is 19.2 Å². The van der Waals surface area contributed by atoms with Crippen molar-refractivity contribution in [3.8, 4) is 0 Å². The van der Waals surface area contributed by atoms with Crippen molar-refractivity contribution in [3.05, 3.63) is 59.7 Å². The minimum absolute atomic E-state index is 0. The summed E-state index contributed by atoms with van der Waals surface area (Å²) < 4.78 is 0. The van der Waals surface area contributed by atoms with E-state index >= 15 is 0 Å². The maximum atomic E-state index is 13.0. The fourth-order valence-corrected chi connectivity index (χ4v) is 2.77. The van der Waals surface area contributed by atoms with Gasteiger partial charge >= 0.3 is 5.97 Å². The molecule has 0 saturated carbocycles. The molecule has 6 N–H and O–H groups in total. The highest BCUT2D eigenvalue weighted by atomic mass is 35.5. The smallest absolute Gasteiger partial charge is 0.303 e. The van der Waals surface area contributed by atoms with Crippen LogP contribution in [0.1, 0.15) is 35.2 Å². The zero-order valence-electron chi connectivity index (χ0n) is 16.6. The first-order valence-electron chi connectivity index (χ1n) is 9.32. The standard InChI is InChI=1S/C21H23N3O5S.ClH/c22-16(12-30)21(29)23-14-9-10-17(24-18(25)7-4-8-19(26)27)15(11-14)20(28)13-5-2-1-3-6-13;/h1-3,5-6,9-11,16,30H,4,7-8,12,22H2,(H,23,29)(H,24,25)(H,26,27);1H/t16-;/m0./s1. The van der Waals surface area contributed by atoms with Gasteiger partial charge in [-0.15, -0.1) is 0 Å². The third-order valence-electron chi connectivity index (χ3n) is 4.23. The van der Waals surface area contributed by atoms with Gasteiger partial charge in [-0.2, -0.15) is 12.6 Å². The van der Waals surface area contributed by atoms with E-state index in [2.05, 4.69) is 29.0 Å². The molecule has 0 aromatic heterocycles. The van der Waals surface area contributed by atoms with Crippen molar-refractivity contribution in [1.82, 2.24) is 0 Å². The van der Waals surface area contributed by atoms with E-state index in [-0.39, 0.29) is 60.4 Å². The number of thiol groups is 1. The van der Waals surface area contributed by atoms with Crippen LogP contribution in [-0.4, -0.2) is 40.5 Å². The van der Waals surface area contributed by atoms with E-state index in [1.807, 2.05) is 0 Å². The number of carboxylic acids is 1. The predicted molar refractivity (Wildman–Crippen MR) is 116 cm³/mol. The van der Waals surface area contributed by atoms with Crippen LogP contribution in [0, 0.1) is 0 Å². The second-order valence-electron chi connectivity index (χ2n) is 6.62. The molecule has 166 valence electrons. The normalized spacial score (nSPS) is 11.0. The largest absolute Gasteiger partial charge is 1.00 e. The van der Waals surface area contributed by atoms with Crippen LogP contribution >= 0.6 is 12.6 Å². The molecule has 2 amide bonds. The number of nitrogens with one attached hydrogen (secondary N) is 2. The van der Waals surface area contributed by atoms with Crippen LogP contribution < -0.4 is 28.8 Å². The summed E-state index contributed by atoms with van der Waals surface area (Å²) in [4.78, 5) is 47.9. The number of aliphatic carboxylic acids is 1.